The Morgan fingerprint density at radius 1 is 1.12 bits per heavy atom. The summed E-state index contributed by atoms with van der Waals surface area (Å²) in [4.78, 5) is 16.6. The van der Waals surface area contributed by atoms with E-state index in [2.05, 4.69) is 21.2 Å². The van der Waals surface area contributed by atoms with Gasteiger partial charge in [0.05, 0.1) is 18.8 Å². The number of carbonyl (C=O) groups excluding carboxylic acids is 1. The quantitative estimate of drug-likeness (QED) is 0.863. The molecule has 3 rings (SSSR count). The third-order valence-electron chi connectivity index (χ3n) is 4.35. The molecule has 0 aromatic heterocycles. The number of para-hydroxylation sites is 2. The van der Waals surface area contributed by atoms with E-state index in [1.807, 2.05) is 25.1 Å². The third kappa shape index (κ3) is 4.73. The van der Waals surface area contributed by atoms with E-state index < -0.39 is 0 Å². The third-order valence-corrected chi connectivity index (χ3v) is 4.35. The molecular weight excluding hydrogens is 333 g/mol. The van der Waals surface area contributed by atoms with Crippen molar-refractivity contribution in [1.29, 1.82) is 0 Å². The summed E-state index contributed by atoms with van der Waals surface area (Å²) >= 11 is 0. The van der Waals surface area contributed by atoms with Gasteiger partial charge in [-0.15, -0.1) is 0 Å². The Balaban J connectivity index is 1.52. The summed E-state index contributed by atoms with van der Waals surface area (Å²) in [6.07, 6.45) is 0. The lowest BCUT2D eigenvalue weighted by molar-refractivity contribution is -0.117. The Kier molecular flexibility index (Phi) is 6.07. The number of nitrogens with one attached hydrogen (secondary N) is 1. The van der Waals surface area contributed by atoms with E-state index in [-0.39, 0.29) is 11.7 Å². The first-order valence-corrected chi connectivity index (χ1v) is 8.90. The maximum atomic E-state index is 13.2. The number of carbonyl (C=O) groups is 1. The molecule has 0 atom stereocenters. The molecule has 6 heteroatoms. The van der Waals surface area contributed by atoms with Crippen LogP contribution in [0.4, 0.5) is 15.8 Å². The predicted molar refractivity (Wildman–Crippen MR) is 101 cm³/mol. The first-order chi connectivity index (χ1) is 12.7. The molecule has 0 bridgehead atoms. The highest BCUT2D eigenvalue weighted by molar-refractivity contribution is 5.92. The number of ether oxygens (including phenoxy) is 1. The molecule has 0 aliphatic carbocycles. The smallest absolute Gasteiger partial charge is 0.238 e. The van der Waals surface area contributed by atoms with E-state index in [0.29, 0.717) is 18.8 Å². The van der Waals surface area contributed by atoms with Crippen LogP contribution in [0.3, 0.4) is 0 Å². The molecular formula is C20H24FN3O2. The molecule has 26 heavy (non-hydrogen) atoms. The Bertz CT molecular complexity index is 745. The first kappa shape index (κ1) is 18.2. The summed E-state index contributed by atoms with van der Waals surface area (Å²) in [5, 5.41) is 2.74. The van der Waals surface area contributed by atoms with Crippen LogP contribution in [0.25, 0.3) is 0 Å². The van der Waals surface area contributed by atoms with Crippen molar-refractivity contribution in [1.82, 2.24) is 4.90 Å². The number of nitrogens with zero attached hydrogens (tertiary/aromatic N) is 2. The minimum absolute atomic E-state index is 0.126. The molecule has 138 valence electrons. The second kappa shape index (κ2) is 8.67. The van der Waals surface area contributed by atoms with Gasteiger partial charge in [0, 0.05) is 31.9 Å². The maximum Gasteiger partial charge on any atom is 0.238 e. The zero-order chi connectivity index (χ0) is 18.4. The van der Waals surface area contributed by atoms with E-state index in [4.69, 9.17) is 4.74 Å². The van der Waals surface area contributed by atoms with Crippen molar-refractivity contribution in [3.63, 3.8) is 0 Å². The monoisotopic (exact) mass is 357 g/mol. The van der Waals surface area contributed by atoms with Gasteiger partial charge < -0.3 is 15.0 Å². The highest BCUT2D eigenvalue weighted by atomic mass is 19.1. The van der Waals surface area contributed by atoms with Crippen LogP contribution >= 0.6 is 0 Å². The van der Waals surface area contributed by atoms with Crippen LogP contribution in [-0.4, -0.2) is 50.1 Å². The summed E-state index contributed by atoms with van der Waals surface area (Å²) < 4.78 is 18.9. The van der Waals surface area contributed by atoms with Crippen molar-refractivity contribution in [2.75, 3.05) is 49.5 Å². The number of halogens is 1. The van der Waals surface area contributed by atoms with Gasteiger partial charge in [0.2, 0.25) is 5.91 Å². The molecule has 0 unspecified atom stereocenters. The van der Waals surface area contributed by atoms with Gasteiger partial charge in [0.1, 0.15) is 11.6 Å². The average Bonchev–Trinajstić information content (AvgIpc) is 2.63. The summed E-state index contributed by atoms with van der Waals surface area (Å²) in [6, 6.07) is 14.0. The second-order valence-electron chi connectivity index (χ2n) is 6.22. The predicted octanol–water partition coefficient (Wildman–Crippen LogP) is 2.99. The topological polar surface area (TPSA) is 44.8 Å². The second-order valence-corrected chi connectivity index (χ2v) is 6.22. The number of hydrogen-bond acceptors (Lipinski definition) is 4. The maximum absolute atomic E-state index is 13.2. The van der Waals surface area contributed by atoms with Crippen molar-refractivity contribution < 1.29 is 13.9 Å². The number of rotatable bonds is 6. The normalized spacial score (nSPS) is 14.9. The Hall–Kier alpha value is -2.60. The van der Waals surface area contributed by atoms with Crippen LogP contribution < -0.4 is 15.0 Å². The lowest BCUT2D eigenvalue weighted by Crippen LogP contribution is -2.48. The molecule has 0 radical (unpaired) electrons. The zero-order valence-electron chi connectivity index (χ0n) is 15.0. The standard InChI is InChI=1S/C20H24FN3O2/c1-2-26-19-9-4-3-8-18(19)24-12-10-23(11-13-24)15-20(25)22-17-7-5-6-16(21)14-17/h3-9,14H,2,10-13,15H2,1H3,(H,22,25). The fourth-order valence-electron chi connectivity index (χ4n) is 3.11. The van der Waals surface area contributed by atoms with Gasteiger partial charge in [-0.1, -0.05) is 18.2 Å². The van der Waals surface area contributed by atoms with Crippen LogP contribution in [0.1, 0.15) is 6.92 Å². The van der Waals surface area contributed by atoms with Gasteiger partial charge in [-0.2, -0.15) is 0 Å². The zero-order valence-corrected chi connectivity index (χ0v) is 15.0. The molecule has 0 spiro atoms. The lowest BCUT2D eigenvalue weighted by Gasteiger charge is -2.36. The van der Waals surface area contributed by atoms with E-state index in [9.17, 15) is 9.18 Å². The van der Waals surface area contributed by atoms with Crippen LogP contribution in [0, 0.1) is 5.82 Å². The number of hydrogen-bond donors (Lipinski definition) is 1. The van der Waals surface area contributed by atoms with Crippen LogP contribution in [0.2, 0.25) is 0 Å². The molecule has 1 saturated heterocycles. The van der Waals surface area contributed by atoms with Crippen LogP contribution in [0.5, 0.6) is 5.75 Å². The molecule has 2 aromatic rings. The largest absolute Gasteiger partial charge is 0.492 e. The molecule has 5 nitrogen and oxygen atoms in total. The lowest BCUT2D eigenvalue weighted by atomic mass is 10.2. The summed E-state index contributed by atoms with van der Waals surface area (Å²) in [5.74, 6) is 0.412. The summed E-state index contributed by atoms with van der Waals surface area (Å²) in [6.45, 7) is 6.16. The Morgan fingerprint density at radius 2 is 1.88 bits per heavy atom. The van der Waals surface area contributed by atoms with Crippen molar-refractivity contribution >= 4 is 17.3 Å². The Morgan fingerprint density at radius 3 is 2.62 bits per heavy atom. The number of benzene rings is 2. The average molecular weight is 357 g/mol. The van der Waals surface area contributed by atoms with Gasteiger partial charge >= 0.3 is 0 Å². The minimum atomic E-state index is -0.357. The van der Waals surface area contributed by atoms with E-state index in [1.54, 1.807) is 12.1 Å². The molecule has 2 aromatic carbocycles. The number of anilines is 2. The molecule has 1 amide bonds. The molecule has 1 N–H and O–H groups in total. The summed E-state index contributed by atoms with van der Waals surface area (Å²) in [7, 11) is 0. The van der Waals surface area contributed by atoms with Crippen molar-refractivity contribution in [3.8, 4) is 5.75 Å². The number of amides is 1. The molecule has 1 heterocycles. The highest BCUT2D eigenvalue weighted by Crippen LogP contribution is 2.28. The van der Waals surface area contributed by atoms with Crippen LogP contribution in [0.15, 0.2) is 48.5 Å². The fourth-order valence-corrected chi connectivity index (χ4v) is 3.11. The number of piperazine rings is 1. The van der Waals surface area contributed by atoms with Gasteiger partial charge in [-0.25, -0.2) is 4.39 Å². The van der Waals surface area contributed by atoms with Gasteiger partial charge in [-0.05, 0) is 37.3 Å². The van der Waals surface area contributed by atoms with Gasteiger partial charge in [-0.3, -0.25) is 9.69 Å². The molecule has 1 fully saturated rings. The van der Waals surface area contributed by atoms with Gasteiger partial charge in [0.25, 0.3) is 0 Å². The summed E-state index contributed by atoms with van der Waals surface area (Å²) in [5.41, 5.74) is 1.58. The van der Waals surface area contributed by atoms with E-state index in [0.717, 1.165) is 37.6 Å². The van der Waals surface area contributed by atoms with E-state index in [1.165, 1.54) is 12.1 Å². The first-order valence-electron chi connectivity index (χ1n) is 8.90. The van der Waals surface area contributed by atoms with Gasteiger partial charge in [0.15, 0.2) is 0 Å². The molecule has 1 aliphatic heterocycles. The molecule has 1 aliphatic rings. The minimum Gasteiger partial charge on any atom is -0.492 e. The van der Waals surface area contributed by atoms with Crippen molar-refractivity contribution in [3.05, 3.63) is 54.3 Å². The Labute approximate surface area is 153 Å². The highest BCUT2D eigenvalue weighted by Gasteiger charge is 2.21. The SMILES string of the molecule is CCOc1ccccc1N1CCN(CC(=O)Nc2cccc(F)c2)CC1. The van der Waals surface area contributed by atoms with Crippen LogP contribution in [-0.2, 0) is 4.79 Å². The van der Waals surface area contributed by atoms with Crippen molar-refractivity contribution in [2.45, 2.75) is 6.92 Å². The fraction of sp³-hybridized carbons (Fsp3) is 0.350. The molecule has 0 saturated carbocycles. The van der Waals surface area contributed by atoms with Crippen molar-refractivity contribution in [2.24, 2.45) is 0 Å². The van der Waals surface area contributed by atoms with E-state index >= 15 is 0 Å².